The lowest BCUT2D eigenvalue weighted by molar-refractivity contribution is -0.149. The van der Waals surface area contributed by atoms with Crippen LogP contribution in [0.15, 0.2) is 24.3 Å². The number of rotatable bonds is 5. The molecule has 0 bridgehead atoms. The van der Waals surface area contributed by atoms with Crippen LogP contribution in [0.4, 0.5) is 4.39 Å². The van der Waals surface area contributed by atoms with E-state index in [1.165, 1.54) is 12.1 Å². The number of hydrogen-bond donors (Lipinski definition) is 1. The fourth-order valence-corrected chi connectivity index (χ4v) is 2.65. The van der Waals surface area contributed by atoms with Gasteiger partial charge in [0.2, 0.25) is 0 Å². The topological polar surface area (TPSA) is 49.8 Å². The van der Waals surface area contributed by atoms with Gasteiger partial charge >= 0.3 is 5.97 Å². The van der Waals surface area contributed by atoms with Crippen molar-refractivity contribution in [1.29, 1.82) is 0 Å². The molecule has 1 aliphatic heterocycles. The first kappa shape index (κ1) is 15.9. The van der Waals surface area contributed by atoms with E-state index in [0.717, 1.165) is 25.9 Å². The first-order chi connectivity index (χ1) is 10.1. The molecular weight excluding hydrogens is 273 g/mol. The normalized spacial score (nSPS) is 18.4. The van der Waals surface area contributed by atoms with Crippen molar-refractivity contribution >= 4 is 5.97 Å². The number of ether oxygens (including phenoxy) is 1. The third-order valence-electron chi connectivity index (χ3n) is 3.89. The Kier molecular flexibility index (Phi) is 5.70. The number of carbonyl (C=O) groups is 1. The highest BCUT2D eigenvalue weighted by atomic mass is 19.1. The maximum absolute atomic E-state index is 12.9. The zero-order valence-corrected chi connectivity index (χ0v) is 12.3. The molecule has 1 fully saturated rings. The van der Waals surface area contributed by atoms with Gasteiger partial charge in [0.1, 0.15) is 5.82 Å². The zero-order chi connectivity index (χ0) is 15.2. The number of halogens is 1. The Morgan fingerprint density at radius 3 is 2.57 bits per heavy atom. The van der Waals surface area contributed by atoms with Crippen LogP contribution < -0.4 is 0 Å². The number of carbonyl (C=O) groups excluding carboxylic acids is 1. The molecule has 0 amide bonds. The van der Waals surface area contributed by atoms with Crippen LogP contribution in [0, 0.1) is 11.7 Å². The number of piperidine rings is 1. The number of β-amino-alcohol motifs (C(OH)–C–C–N with tert-alkyl or cyclic N) is 1. The van der Waals surface area contributed by atoms with E-state index in [9.17, 15) is 14.3 Å². The molecule has 116 valence electrons. The third-order valence-corrected chi connectivity index (χ3v) is 3.89. The molecule has 1 aromatic rings. The maximum Gasteiger partial charge on any atom is 0.309 e. The second kappa shape index (κ2) is 7.52. The number of aliphatic hydroxyl groups excluding tert-OH is 1. The summed E-state index contributed by atoms with van der Waals surface area (Å²) in [6.07, 6.45) is 0.883. The van der Waals surface area contributed by atoms with Gasteiger partial charge in [-0.15, -0.1) is 0 Å². The van der Waals surface area contributed by atoms with Gasteiger partial charge in [-0.2, -0.15) is 0 Å². The average molecular weight is 295 g/mol. The lowest BCUT2D eigenvalue weighted by Gasteiger charge is -2.32. The summed E-state index contributed by atoms with van der Waals surface area (Å²) >= 11 is 0. The molecule has 2 rings (SSSR count). The van der Waals surface area contributed by atoms with E-state index < -0.39 is 6.10 Å². The maximum atomic E-state index is 12.9. The SMILES string of the molecule is CCOC(=O)C1CCN(C[C@H](O)c2ccc(F)cc2)CC1. The van der Waals surface area contributed by atoms with Gasteiger partial charge in [-0.05, 0) is 50.6 Å². The number of hydrogen-bond acceptors (Lipinski definition) is 4. The number of likely N-dealkylation sites (tertiary alicyclic amines) is 1. The predicted octanol–water partition coefficient (Wildman–Crippen LogP) is 2.13. The van der Waals surface area contributed by atoms with Crippen molar-refractivity contribution in [1.82, 2.24) is 4.90 Å². The van der Waals surface area contributed by atoms with Gasteiger partial charge in [-0.3, -0.25) is 4.79 Å². The predicted molar refractivity (Wildman–Crippen MR) is 77.2 cm³/mol. The molecular formula is C16H22FNO3. The Labute approximate surface area is 124 Å². The first-order valence-corrected chi connectivity index (χ1v) is 7.42. The summed E-state index contributed by atoms with van der Waals surface area (Å²) in [7, 11) is 0. The summed E-state index contributed by atoms with van der Waals surface area (Å²) < 4.78 is 17.9. The highest BCUT2D eigenvalue weighted by molar-refractivity contribution is 5.72. The van der Waals surface area contributed by atoms with E-state index in [-0.39, 0.29) is 17.7 Å². The monoisotopic (exact) mass is 295 g/mol. The number of esters is 1. The van der Waals surface area contributed by atoms with E-state index in [2.05, 4.69) is 4.90 Å². The highest BCUT2D eigenvalue weighted by Crippen LogP contribution is 2.21. The molecule has 1 saturated heterocycles. The van der Waals surface area contributed by atoms with E-state index in [0.29, 0.717) is 18.7 Å². The first-order valence-electron chi connectivity index (χ1n) is 7.42. The molecule has 1 N–H and O–H groups in total. The molecule has 4 nitrogen and oxygen atoms in total. The van der Waals surface area contributed by atoms with Gasteiger partial charge in [-0.1, -0.05) is 12.1 Å². The minimum Gasteiger partial charge on any atom is -0.466 e. The molecule has 0 spiro atoms. The second-order valence-electron chi connectivity index (χ2n) is 5.39. The second-order valence-corrected chi connectivity index (χ2v) is 5.39. The van der Waals surface area contributed by atoms with Crippen molar-refractivity contribution in [2.45, 2.75) is 25.9 Å². The van der Waals surface area contributed by atoms with Crippen molar-refractivity contribution in [2.24, 2.45) is 5.92 Å². The van der Waals surface area contributed by atoms with Crippen molar-refractivity contribution < 1.29 is 19.0 Å². The van der Waals surface area contributed by atoms with Gasteiger partial charge < -0.3 is 14.7 Å². The minimum absolute atomic E-state index is 0.0239. The summed E-state index contributed by atoms with van der Waals surface area (Å²) in [5.74, 6) is -0.443. The van der Waals surface area contributed by atoms with Crippen molar-refractivity contribution in [3.05, 3.63) is 35.6 Å². The Bertz CT molecular complexity index is 455. The Hall–Kier alpha value is -1.46. The number of aliphatic hydroxyl groups is 1. The Morgan fingerprint density at radius 2 is 2.00 bits per heavy atom. The Balaban J connectivity index is 1.80. The molecule has 0 unspecified atom stereocenters. The van der Waals surface area contributed by atoms with E-state index in [1.54, 1.807) is 12.1 Å². The van der Waals surface area contributed by atoms with Crippen LogP contribution in [-0.2, 0) is 9.53 Å². The molecule has 21 heavy (non-hydrogen) atoms. The molecule has 1 aliphatic rings. The van der Waals surface area contributed by atoms with Gasteiger partial charge in [-0.25, -0.2) is 4.39 Å². The van der Waals surface area contributed by atoms with Crippen molar-refractivity contribution in [3.63, 3.8) is 0 Å². The van der Waals surface area contributed by atoms with Crippen LogP contribution in [0.5, 0.6) is 0 Å². The van der Waals surface area contributed by atoms with E-state index in [1.807, 2.05) is 6.92 Å². The molecule has 0 saturated carbocycles. The quantitative estimate of drug-likeness (QED) is 0.846. The highest BCUT2D eigenvalue weighted by Gasteiger charge is 2.26. The van der Waals surface area contributed by atoms with Gasteiger partial charge in [0.25, 0.3) is 0 Å². The molecule has 1 aromatic carbocycles. The Morgan fingerprint density at radius 1 is 1.38 bits per heavy atom. The van der Waals surface area contributed by atoms with Crippen LogP contribution in [-0.4, -0.2) is 42.2 Å². The summed E-state index contributed by atoms with van der Waals surface area (Å²) in [5.41, 5.74) is 0.712. The molecule has 0 aromatic heterocycles. The molecule has 0 radical (unpaired) electrons. The summed E-state index contributed by atoms with van der Waals surface area (Å²) in [4.78, 5) is 13.8. The number of benzene rings is 1. The smallest absolute Gasteiger partial charge is 0.309 e. The molecule has 0 aliphatic carbocycles. The average Bonchev–Trinajstić information content (AvgIpc) is 2.49. The van der Waals surface area contributed by atoms with E-state index in [4.69, 9.17) is 4.74 Å². The van der Waals surface area contributed by atoms with Crippen LogP contribution in [0.1, 0.15) is 31.4 Å². The van der Waals surface area contributed by atoms with Crippen molar-refractivity contribution in [3.8, 4) is 0 Å². The van der Waals surface area contributed by atoms with Gasteiger partial charge in [0.15, 0.2) is 0 Å². The van der Waals surface area contributed by atoms with Crippen LogP contribution in [0.25, 0.3) is 0 Å². The fraction of sp³-hybridized carbons (Fsp3) is 0.562. The molecule has 5 heteroatoms. The lowest BCUT2D eigenvalue weighted by atomic mass is 9.96. The molecule has 1 heterocycles. The number of nitrogens with zero attached hydrogens (tertiary/aromatic N) is 1. The minimum atomic E-state index is -0.634. The fourth-order valence-electron chi connectivity index (χ4n) is 2.65. The van der Waals surface area contributed by atoms with Crippen molar-refractivity contribution in [2.75, 3.05) is 26.2 Å². The standard InChI is InChI=1S/C16H22FNO3/c1-2-21-16(20)13-7-9-18(10-8-13)11-15(19)12-3-5-14(17)6-4-12/h3-6,13,15,19H,2,7-11H2,1H3/t15-/m0/s1. The summed E-state index contributed by atoms with van der Waals surface area (Å²) in [6, 6.07) is 5.91. The van der Waals surface area contributed by atoms with Crippen LogP contribution >= 0.6 is 0 Å². The summed E-state index contributed by atoms with van der Waals surface area (Å²) in [6.45, 7) is 4.26. The van der Waals surface area contributed by atoms with Gasteiger partial charge in [0, 0.05) is 6.54 Å². The molecule has 1 atom stereocenters. The lowest BCUT2D eigenvalue weighted by Crippen LogP contribution is -2.39. The van der Waals surface area contributed by atoms with E-state index >= 15 is 0 Å². The third kappa shape index (κ3) is 4.51. The van der Waals surface area contributed by atoms with Crippen LogP contribution in [0.2, 0.25) is 0 Å². The summed E-state index contributed by atoms with van der Waals surface area (Å²) in [5, 5.41) is 10.2. The zero-order valence-electron chi connectivity index (χ0n) is 12.3. The van der Waals surface area contributed by atoms with Gasteiger partial charge in [0.05, 0.1) is 18.6 Å². The van der Waals surface area contributed by atoms with Crippen LogP contribution in [0.3, 0.4) is 0 Å². The largest absolute Gasteiger partial charge is 0.466 e.